The molecule has 7 nitrogen and oxygen atoms in total. The zero-order valence-corrected chi connectivity index (χ0v) is 16.1. The molecule has 0 aliphatic carbocycles. The number of imidazole rings is 1. The molecule has 0 bridgehead atoms. The number of ether oxygens (including phenoxy) is 1. The molecule has 0 N–H and O–H groups in total. The number of nitrogens with zero attached hydrogens (tertiary/aromatic N) is 4. The van der Waals surface area contributed by atoms with Gasteiger partial charge < -0.3 is 14.5 Å². The van der Waals surface area contributed by atoms with Crippen molar-refractivity contribution in [2.75, 3.05) is 37.7 Å². The fourth-order valence-corrected chi connectivity index (χ4v) is 3.30. The number of benzene rings is 1. The molecular formula is C19H23ClN4O3. The number of carbonyl (C=O) groups excluding carboxylic acids is 2. The molecule has 3 rings (SSSR count). The molecule has 1 amide bonds. The van der Waals surface area contributed by atoms with Crippen LogP contribution < -0.4 is 4.90 Å². The average molecular weight is 391 g/mol. The van der Waals surface area contributed by atoms with Gasteiger partial charge in [-0.1, -0.05) is 17.7 Å². The number of rotatable bonds is 6. The lowest BCUT2D eigenvalue weighted by atomic mass is 10.2. The van der Waals surface area contributed by atoms with Crippen LogP contribution in [0.25, 0.3) is 5.69 Å². The normalized spacial score (nSPS) is 14.3. The third-order valence-corrected chi connectivity index (χ3v) is 4.71. The van der Waals surface area contributed by atoms with Crippen LogP contribution >= 0.6 is 11.6 Å². The Morgan fingerprint density at radius 3 is 2.67 bits per heavy atom. The van der Waals surface area contributed by atoms with Crippen molar-refractivity contribution in [3.63, 3.8) is 0 Å². The first kappa shape index (κ1) is 19.2. The molecule has 2 aromatic rings. The van der Waals surface area contributed by atoms with E-state index in [2.05, 4.69) is 9.88 Å². The van der Waals surface area contributed by atoms with Crippen LogP contribution in [0, 0.1) is 0 Å². The number of hydrogen-bond acceptors (Lipinski definition) is 5. The van der Waals surface area contributed by atoms with Crippen LogP contribution in [0.5, 0.6) is 0 Å². The van der Waals surface area contributed by atoms with Gasteiger partial charge in [-0.25, -0.2) is 4.98 Å². The van der Waals surface area contributed by atoms with Gasteiger partial charge in [0.1, 0.15) is 0 Å². The summed E-state index contributed by atoms with van der Waals surface area (Å²) in [7, 11) is 0. The van der Waals surface area contributed by atoms with Gasteiger partial charge in [0, 0.05) is 55.7 Å². The van der Waals surface area contributed by atoms with Gasteiger partial charge in [0.25, 0.3) is 0 Å². The van der Waals surface area contributed by atoms with Crippen molar-refractivity contribution in [3.8, 4) is 5.69 Å². The average Bonchev–Trinajstić information content (AvgIpc) is 3.16. The molecule has 144 valence electrons. The van der Waals surface area contributed by atoms with E-state index in [0.29, 0.717) is 37.8 Å². The van der Waals surface area contributed by atoms with Gasteiger partial charge in [-0.05, 0) is 25.1 Å². The lowest BCUT2D eigenvalue weighted by Crippen LogP contribution is -2.49. The predicted octanol–water partition coefficient (Wildman–Crippen LogP) is 2.52. The molecular weight excluding hydrogens is 368 g/mol. The Hall–Kier alpha value is -2.54. The van der Waals surface area contributed by atoms with Crippen LogP contribution in [0.15, 0.2) is 36.7 Å². The van der Waals surface area contributed by atoms with Gasteiger partial charge in [-0.3, -0.25) is 14.2 Å². The second-order valence-corrected chi connectivity index (χ2v) is 6.69. The lowest BCUT2D eigenvalue weighted by Gasteiger charge is -2.35. The quantitative estimate of drug-likeness (QED) is 0.709. The second-order valence-electron chi connectivity index (χ2n) is 6.25. The Labute approximate surface area is 163 Å². The smallest absolute Gasteiger partial charge is 0.306 e. The summed E-state index contributed by atoms with van der Waals surface area (Å²) < 4.78 is 6.86. The fraction of sp³-hybridized carbons (Fsp3) is 0.421. The van der Waals surface area contributed by atoms with Crippen molar-refractivity contribution in [2.45, 2.75) is 19.8 Å². The van der Waals surface area contributed by atoms with Gasteiger partial charge in [0.15, 0.2) is 0 Å². The molecule has 0 saturated carbocycles. The SMILES string of the molecule is CCOC(=O)CCC(=O)N1CCN(c2nccn2-c2cccc(Cl)c2)CC1. The number of halogens is 1. The monoisotopic (exact) mass is 390 g/mol. The van der Waals surface area contributed by atoms with E-state index in [1.807, 2.05) is 35.0 Å². The first-order chi connectivity index (χ1) is 13.1. The minimum absolute atomic E-state index is 0.0131. The molecule has 1 aliphatic rings. The Balaban J connectivity index is 1.58. The van der Waals surface area contributed by atoms with E-state index in [-0.39, 0.29) is 24.7 Å². The van der Waals surface area contributed by atoms with Crippen molar-refractivity contribution in [1.29, 1.82) is 0 Å². The first-order valence-corrected chi connectivity index (χ1v) is 9.44. The summed E-state index contributed by atoms with van der Waals surface area (Å²) >= 11 is 6.10. The third-order valence-electron chi connectivity index (χ3n) is 4.47. The summed E-state index contributed by atoms with van der Waals surface area (Å²) in [5, 5.41) is 0.671. The Morgan fingerprint density at radius 1 is 1.19 bits per heavy atom. The highest BCUT2D eigenvalue weighted by atomic mass is 35.5. The molecule has 1 fully saturated rings. The van der Waals surface area contributed by atoms with E-state index >= 15 is 0 Å². The number of anilines is 1. The Kier molecular flexibility index (Phi) is 6.34. The molecule has 1 aliphatic heterocycles. The van der Waals surface area contributed by atoms with E-state index in [1.54, 1.807) is 18.0 Å². The van der Waals surface area contributed by atoms with Crippen LogP contribution in [0.1, 0.15) is 19.8 Å². The second kappa shape index (κ2) is 8.90. The minimum atomic E-state index is -0.326. The summed E-state index contributed by atoms with van der Waals surface area (Å²) in [6.07, 6.45) is 3.98. The van der Waals surface area contributed by atoms with Crippen molar-refractivity contribution in [1.82, 2.24) is 14.5 Å². The summed E-state index contributed by atoms with van der Waals surface area (Å²) in [6.45, 7) is 4.66. The van der Waals surface area contributed by atoms with Gasteiger partial charge in [0.05, 0.1) is 13.0 Å². The molecule has 0 radical (unpaired) electrons. The number of aromatic nitrogens is 2. The van der Waals surface area contributed by atoms with Crippen LogP contribution in [0.3, 0.4) is 0 Å². The van der Waals surface area contributed by atoms with E-state index < -0.39 is 0 Å². The zero-order chi connectivity index (χ0) is 19.2. The topological polar surface area (TPSA) is 67.7 Å². The van der Waals surface area contributed by atoms with Gasteiger partial charge in [-0.2, -0.15) is 0 Å². The highest BCUT2D eigenvalue weighted by Gasteiger charge is 2.24. The molecule has 8 heteroatoms. The molecule has 1 aromatic carbocycles. The molecule has 27 heavy (non-hydrogen) atoms. The number of carbonyl (C=O) groups is 2. The first-order valence-electron chi connectivity index (χ1n) is 9.06. The highest BCUT2D eigenvalue weighted by molar-refractivity contribution is 6.30. The van der Waals surface area contributed by atoms with E-state index in [1.165, 1.54) is 0 Å². The standard InChI is InChI=1S/C19H23ClN4O3/c1-2-27-18(26)7-6-17(25)22-10-12-23(13-11-22)19-21-8-9-24(19)16-5-3-4-15(20)14-16/h3-5,8-9,14H,2,6-7,10-13H2,1H3. The van der Waals surface area contributed by atoms with E-state index in [0.717, 1.165) is 11.6 Å². The summed E-state index contributed by atoms with van der Waals surface area (Å²) in [4.78, 5) is 32.1. The summed E-state index contributed by atoms with van der Waals surface area (Å²) in [5.74, 6) is 0.491. The molecule has 1 aromatic heterocycles. The molecule has 0 spiro atoms. The summed E-state index contributed by atoms with van der Waals surface area (Å²) in [6, 6.07) is 7.61. The largest absolute Gasteiger partial charge is 0.466 e. The Bertz CT molecular complexity index is 800. The van der Waals surface area contributed by atoms with Crippen molar-refractivity contribution in [3.05, 3.63) is 41.7 Å². The van der Waals surface area contributed by atoms with Crippen LogP contribution in [0.2, 0.25) is 5.02 Å². The van der Waals surface area contributed by atoms with Gasteiger partial charge in [0.2, 0.25) is 11.9 Å². The minimum Gasteiger partial charge on any atom is -0.466 e. The number of amides is 1. The Morgan fingerprint density at radius 2 is 1.96 bits per heavy atom. The van der Waals surface area contributed by atoms with Gasteiger partial charge >= 0.3 is 5.97 Å². The third kappa shape index (κ3) is 4.80. The fourth-order valence-electron chi connectivity index (χ4n) is 3.11. The number of hydrogen-bond donors (Lipinski definition) is 0. The molecule has 0 unspecified atom stereocenters. The lowest BCUT2D eigenvalue weighted by molar-refractivity contribution is -0.145. The summed E-state index contributed by atoms with van der Waals surface area (Å²) in [5.41, 5.74) is 0.947. The zero-order valence-electron chi connectivity index (χ0n) is 15.3. The molecule has 1 saturated heterocycles. The van der Waals surface area contributed by atoms with Crippen molar-refractivity contribution < 1.29 is 14.3 Å². The van der Waals surface area contributed by atoms with Crippen molar-refractivity contribution >= 4 is 29.4 Å². The van der Waals surface area contributed by atoms with Gasteiger partial charge in [-0.15, -0.1) is 0 Å². The maximum absolute atomic E-state index is 12.3. The predicted molar refractivity (Wildman–Crippen MR) is 103 cm³/mol. The van der Waals surface area contributed by atoms with Crippen LogP contribution in [-0.4, -0.2) is 59.1 Å². The highest BCUT2D eigenvalue weighted by Crippen LogP contribution is 2.22. The molecule has 2 heterocycles. The van der Waals surface area contributed by atoms with Crippen molar-refractivity contribution in [2.24, 2.45) is 0 Å². The number of piperazine rings is 1. The van der Waals surface area contributed by atoms with Crippen LogP contribution in [-0.2, 0) is 14.3 Å². The van der Waals surface area contributed by atoms with Crippen LogP contribution in [0.4, 0.5) is 5.95 Å². The number of esters is 1. The van der Waals surface area contributed by atoms with E-state index in [4.69, 9.17) is 16.3 Å². The van der Waals surface area contributed by atoms with E-state index in [9.17, 15) is 9.59 Å². The maximum Gasteiger partial charge on any atom is 0.306 e. The maximum atomic E-state index is 12.3. The molecule has 0 atom stereocenters.